The minimum Gasteiger partial charge on any atom is -0.387 e. The van der Waals surface area contributed by atoms with Gasteiger partial charge in [0.05, 0.1) is 6.10 Å². The molecule has 18 heavy (non-hydrogen) atoms. The second-order valence-electron chi connectivity index (χ2n) is 4.46. The molecule has 0 heterocycles. The van der Waals surface area contributed by atoms with E-state index in [2.05, 4.69) is 22.2 Å². The SMILES string of the molecule is CSNc1ccc(C(O)CNC2C=CCC2)cc1. The molecule has 2 unspecified atom stereocenters. The van der Waals surface area contributed by atoms with E-state index >= 15 is 0 Å². The third-order valence-electron chi connectivity index (χ3n) is 3.10. The normalized spacial score (nSPS) is 20.0. The summed E-state index contributed by atoms with van der Waals surface area (Å²) < 4.78 is 3.16. The second-order valence-corrected chi connectivity index (χ2v) is 5.08. The van der Waals surface area contributed by atoms with Crippen LogP contribution in [0, 0.1) is 0 Å². The lowest BCUT2D eigenvalue weighted by molar-refractivity contribution is 0.172. The monoisotopic (exact) mass is 264 g/mol. The highest BCUT2D eigenvalue weighted by molar-refractivity contribution is 7.99. The minimum atomic E-state index is -0.442. The highest BCUT2D eigenvalue weighted by Gasteiger charge is 2.12. The van der Waals surface area contributed by atoms with Crippen LogP contribution in [-0.4, -0.2) is 23.9 Å². The molecule has 3 N–H and O–H groups in total. The van der Waals surface area contributed by atoms with Gasteiger partial charge in [-0.3, -0.25) is 0 Å². The van der Waals surface area contributed by atoms with Crippen LogP contribution in [0.25, 0.3) is 0 Å². The van der Waals surface area contributed by atoms with Crippen LogP contribution in [0.4, 0.5) is 5.69 Å². The number of anilines is 1. The molecule has 1 aromatic carbocycles. The molecule has 1 aliphatic rings. The summed E-state index contributed by atoms with van der Waals surface area (Å²) in [4.78, 5) is 0. The molecule has 2 atom stereocenters. The number of aliphatic hydroxyl groups excluding tert-OH is 1. The first-order chi connectivity index (χ1) is 8.79. The molecular formula is C14H20N2OS. The molecule has 0 saturated heterocycles. The van der Waals surface area contributed by atoms with Gasteiger partial charge < -0.3 is 15.1 Å². The average molecular weight is 264 g/mol. The van der Waals surface area contributed by atoms with Crippen molar-refractivity contribution in [3.05, 3.63) is 42.0 Å². The van der Waals surface area contributed by atoms with E-state index in [4.69, 9.17) is 0 Å². The van der Waals surface area contributed by atoms with Crippen molar-refractivity contribution in [3.63, 3.8) is 0 Å². The topological polar surface area (TPSA) is 44.3 Å². The molecule has 1 aromatic rings. The maximum absolute atomic E-state index is 10.1. The van der Waals surface area contributed by atoms with Crippen molar-refractivity contribution in [2.24, 2.45) is 0 Å². The molecule has 3 nitrogen and oxygen atoms in total. The van der Waals surface area contributed by atoms with Crippen LogP contribution in [0.3, 0.4) is 0 Å². The summed E-state index contributed by atoms with van der Waals surface area (Å²) in [6.07, 6.45) is 8.20. The average Bonchev–Trinajstić information content (AvgIpc) is 2.90. The zero-order valence-corrected chi connectivity index (χ0v) is 11.4. The molecular weight excluding hydrogens is 244 g/mol. The Morgan fingerprint density at radius 1 is 1.39 bits per heavy atom. The van der Waals surface area contributed by atoms with E-state index in [1.807, 2.05) is 30.5 Å². The van der Waals surface area contributed by atoms with Gasteiger partial charge in [0.2, 0.25) is 0 Å². The first-order valence-electron chi connectivity index (χ1n) is 6.26. The number of hydrogen-bond acceptors (Lipinski definition) is 4. The second kappa shape index (κ2) is 6.83. The number of rotatable bonds is 6. The first-order valence-corrected chi connectivity index (χ1v) is 7.49. The Morgan fingerprint density at radius 3 is 2.78 bits per heavy atom. The fourth-order valence-corrected chi connectivity index (χ4v) is 2.45. The number of hydrogen-bond donors (Lipinski definition) is 3. The maximum atomic E-state index is 10.1. The van der Waals surface area contributed by atoms with Gasteiger partial charge in [-0.05, 0) is 30.5 Å². The van der Waals surface area contributed by atoms with Crippen molar-refractivity contribution >= 4 is 17.6 Å². The van der Waals surface area contributed by atoms with Crippen molar-refractivity contribution in [1.29, 1.82) is 0 Å². The Bertz CT molecular complexity index is 391. The lowest BCUT2D eigenvalue weighted by atomic mass is 10.1. The number of allylic oxidation sites excluding steroid dienone is 1. The van der Waals surface area contributed by atoms with E-state index < -0.39 is 6.10 Å². The number of aliphatic hydroxyl groups is 1. The predicted octanol–water partition coefficient (Wildman–Crippen LogP) is 2.72. The smallest absolute Gasteiger partial charge is 0.0914 e. The Balaban J connectivity index is 1.83. The Hall–Kier alpha value is -0.970. The van der Waals surface area contributed by atoms with Crippen molar-refractivity contribution < 1.29 is 5.11 Å². The highest BCUT2D eigenvalue weighted by atomic mass is 32.2. The third-order valence-corrected chi connectivity index (χ3v) is 3.54. The van der Waals surface area contributed by atoms with Crippen LogP contribution in [-0.2, 0) is 0 Å². The van der Waals surface area contributed by atoms with Crippen LogP contribution in [0.2, 0.25) is 0 Å². The molecule has 98 valence electrons. The van der Waals surface area contributed by atoms with E-state index in [9.17, 15) is 5.11 Å². The standard InChI is InChI=1S/C14H20N2OS/c1-18-16-13-8-6-11(7-9-13)14(17)10-15-12-4-2-3-5-12/h2,4,6-9,12,14-17H,3,5,10H2,1H3. The summed E-state index contributed by atoms with van der Waals surface area (Å²) >= 11 is 1.56. The molecule has 0 fully saturated rings. The van der Waals surface area contributed by atoms with E-state index in [1.165, 1.54) is 0 Å². The van der Waals surface area contributed by atoms with E-state index in [1.54, 1.807) is 11.9 Å². The summed E-state index contributed by atoms with van der Waals surface area (Å²) in [7, 11) is 0. The lowest BCUT2D eigenvalue weighted by Gasteiger charge is -2.16. The molecule has 4 heteroatoms. The zero-order chi connectivity index (χ0) is 12.8. The summed E-state index contributed by atoms with van der Waals surface area (Å²) in [5.41, 5.74) is 2.02. The first kappa shape index (κ1) is 13.5. The molecule has 0 radical (unpaired) electrons. The largest absolute Gasteiger partial charge is 0.387 e. The minimum absolute atomic E-state index is 0.428. The van der Waals surface area contributed by atoms with Crippen molar-refractivity contribution in [2.75, 3.05) is 17.5 Å². The lowest BCUT2D eigenvalue weighted by Crippen LogP contribution is -2.29. The Kier molecular flexibility index (Phi) is 5.11. The molecule has 0 bridgehead atoms. The molecule has 2 rings (SSSR count). The fraction of sp³-hybridized carbons (Fsp3) is 0.429. The van der Waals surface area contributed by atoms with Crippen molar-refractivity contribution in [2.45, 2.75) is 25.0 Å². The van der Waals surface area contributed by atoms with E-state index in [0.29, 0.717) is 12.6 Å². The summed E-state index contributed by atoms with van der Waals surface area (Å²) in [6, 6.07) is 8.34. The number of nitrogens with one attached hydrogen (secondary N) is 2. The van der Waals surface area contributed by atoms with E-state index in [-0.39, 0.29) is 0 Å². The Morgan fingerprint density at radius 2 is 2.17 bits per heavy atom. The molecule has 0 spiro atoms. The molecule has 1 aliphatic carbocycles. The quantitative estimate of drug-likeness (QED) is 0.546. The Labute approximate surface area is 113 Å². The van der Waals surface area contributed by atoms with Gasteiger partial charge in [0.15, 0.2) is 0 Å². The molecule has 0 aromatic heterocycles. The summed E-state index contributed by atoms with van der Waals surface area (Å²) in [6.45, 7) is 0.601. The van der Waals surface area contributed by atoms with E-state index in [0.717, 1.165) is 24.1 Å². The van der Waals surface area contributed by atoms with Gasteiger partial charge in [0.1, 0.15) is 0 Å². The summed E-state index contributed by atoms with van der Waals surface area (Å²) in [5, 5.41) is 13.5. The van der Waals surface area contributed by atoms with Crippen LogP contribution in [0.5, 0.6) is 0 Å². The molecule has 0 aliphatic heterocycles. The van der Waals surface area contributed by atoms with Crippen LogP contribution in [0.15, 0.2) is 36.4 Å². The van der Waals surface area contributed by atoms with Crippen LogP contribution >= 0.6 is 11.9 Å². The van der Waals surface area contributed by atoms with Crippen molar-refractivity contribution in [3.8, 4) is 0 Å². The van der Waals surface area contributed by atoms with Gasteiger partial charge in [-0.15, -0.1) is 0 Å². The van der Waals surface area contributed by atoms with Gasteiger partial charge in [-0.25, -0.2) is 0 Å². The van der Waals surface area contributed by atoms with Crippen molar-refractivity contribution in [1.82, 2.24) is 5.32 Å². The third kappa shape index (κ3) is 3.77. The summed E-state index contributed by atoms with van der Waals surface area (Å²) in [5.74, 6) is 0. The zero-order valence-electron chi connectivity index (χ0n) is 10.6. The predicted molar refractivity (Wildman–Crippen MR) is 78.7 cm³/mol. The van der Waals surface area contributed by atoms with Crippen LogP contribution in [0.1, 0.15) is 24.5 Å². The molecule has 0 amide bonds. The highest BCUT2D eigenvalue weighted by Crippen LogP contribution is 2.18. The number of benzene rings is 1. The van der Waals surface area contributed by atoms with Gasteiger partial charge in [-0.2, -0.15) is 0 Å². The van der Waals surface area contributed by atoms with Crippen LogP contribution < -0.4 is 10.0 Å². The molecule has 0 saturated carbocycles. The fourth-order valence-electron chi connectivity index (χ4n) is 2.07. The maximum Gasteiger partial charge on any atom is 0.0914 e. The van der Waals surface area contributed by atoms with Gasteiger partial charge >= 0.3 is 0 Å². The van der Waals surface area contributed by atoms with Gasteiger partial charge in [-0.1, -0.05) is 36.2 Å². The van der Waals surface area contributed by atoms with Gasteiger partial charge in [0, 0.05) is 24.5 Å². The van der Waals surface area contributed by atoms with Gasteiger partial charge in [0.25, 0.3) is 0 Å².